The van der Waals surface area contributed by atoms with E-state index in [1.807, 2.05) is 0 Å². The first-order valence-electron chi connectivity index (χ1n) is 8.17. The molecule has 3 aromatic carbocycles. The minimum absolute atomic E-state index is 0.0216. The van der Waals surface area contributed by atoms with Gasteiger partial charge in [0.25, 0.3) is 5.69 Å². The fourth-order valence-electron chi connectivity index (χ4n) is 3.19. The van der Waals surface area contributed by atoms with Crippen molar-refractivity contribution in [1.29, 1.82) is 0 Å². The van der Waals surface area contributed by atoms with E-state index in [0.717, 1.165) is 18.2 Å². The number of carbonyl (C=O) groups excluding carboxylic acids is 2. The zero-order valence-electron chi connectivity index (χ0n) is 14.2. The number of hydrogen-bond donors (Lipinski definition) is 3. The van der Waals surface area contributed by atoms with Crippen LogP contribution in [0.2, 0.25) is 0 Å². The van der Waals surface area contributed by atoms with Gasteiger partial charge in [-0.05, 0) is 30.3 Å². The number of phenols is 2. The molecule has 0 amide bonds. The van der Waals surface area contributed by atoms with E-state index in [2.05, 4.69) is 5.32 Å². The topological polar surface area (TPSA) is 130 Å². The second-order valence-corrected chi connectivity index (χ2v) is 6.18. The number of nitro benzene ring substituents is 1. The highest BCUT2D eigenvalue weighted by Gasteiger charge is 2.36. The van der Waals surface area contributed by atoms with Crippen molar-refractivity contribution in [2.45, 2.75) is 0 Å². The van der Waals surface area contributed by atoms with Gasteiger partial charge in [0.15, 0.2) is 23.1 Å². The average Bonchev–Trinajstić information content (AvgIpc) is 2.68. The van der Waals surface area contributed by atoms with Crippen molar-refractivity contribution in [1.82, 2.24) is 0 Å². The molecule has 8 nitrogen and oxygen atoms in total. The first-order chi connectivity index (χ1) is 13.4. The number of anilines is 2. The van der Waals surface area contributed by atoms with Gasteiger partial charge in [0, 0.05) is 28.4 Å². The van der Waals surface area contributed by atoms with E-state index in [0.29, 0.717) is 5.69 Å². The second kappa shape index (κ2) is 6.20. The Bertz CT molecular complexity index is 1170. The molecule has 1 aliphatic rings. The molecule has 0 saturated carbocycles. The van der Waals surface area contributed by atoms with Crippen molar-refractivity contribution in [3.63, 3.8) is 0 Å². The first-order valence-corrected chi connectivity index (χ1v) is 8.17. The molecule has 0 bridgehead atoms. The number of hydrogen-bond acceptors (Lipinski definition) is 7. The van der Waals surface area contributed by atoms with Gasteiger partial charge in [0.2, 0.25) is 0 Å². The molecule has 0 heterocycles. The Balaban J connectivity index is 1.98. The predicted octanol–water partition coefficient (Wildman–Crippen LogP) is 3.53. The molecule has 0 saturated heterocycles. The van der Waals surface area contributed by atoms with E-state index in [4.69, 9.17) is 0 Å². The molecule has 0 aliphatic heterocycles. The maximum atomic E-state index is 13.1. The summed E-state index contributed by atoms with van der Waals surface area (Å²) in [5.74, 6) is -2.34. The van der Waals surface area contributed by atoms with Gasteiger partial charge < -0.3 is 15.5 Å². The van der Waals surface area contributed by atoms with E-state index >= 15 is 0 Å². The third-order valence-corrected chi connectivity index (χ3v) is 4.50. The van der Waals surface area contributed by atoms with Crippen molar-refractivity contribution in [3.8, 4) is 11.5 Å². The van der Waals surface area contributed by atoms with Crippen LogP contribution in [0, 0.1) is 10.1 Å². The summed E-state index contributed by atoms with van der Waals surface area (Å²) in [5.41, 5.74) is -0.358. The number of rotatable bonds is 3. The number of ketones is 2. The van der Waals surface area contributed by atoms with E-state index in [1.165, 1.54) is 6.07 Å². The molecular weight excluding hydrogens is 364 g/mol. The smallest absolute Gasteiger partial charge is 0.293 e. The monoisotopic (exact) mass is 376 g/mol. The number of aromatic hydroxyl groups is 2. The summed E-state index contributed by atoms with van der Waals surface area (Å²) >= 11 is 0. The van der Waals surface area contributed by atoms with Gasteiger partial charge in [-0.3, -0.25) is 19.7 Å². The quantitative estimate of drug-likeness (QED) is 0.283. The van der Waals surface area contributed by atoms with Crippen LogP contribution in [0.15, 0.2) is 54.6 Å². The van der Waals surface area contributed by atoms with Crippen LogP contribution in [0.5, 0.6) is 11.5 Å². The Morgan fingerprint density at radius 1 is 0.821 bits per heavy atom. The summed E-state index contributed by atoms with van der Waals surface area (Å²) in [6, 6.07) is 12.9. The molecule has 0 fully saturated rings. The number of phenolic OH excluding ortho intramolecular Hbond substituents is 2. The lowest BCUT2D eigenvalue weighted by Crippen LogP contribution is -2.22. The van der Waals surface area contributed by atoms with Crippen LogP contribution in [0.4, 0.5) is 17.1 Å². The van der Waals surface area contributed by atoms with Crippen molar-refractivity contribution < 1.29 is 24.7 Å². The summed E-state index contributed by atoms with van der Waals surface area (Å²) in [5, 5.41) is 33.8. The molecule has 0 radical (unpaired) electrons. The molecule has 4 rings (SSSR count). The predicted molar refractivity (Wildman–Crippen MR) is 99.5 cm³/mol. The highest BCUT2D eigenvalue weighted by Crippen LogP contribution is 2.41. The molecule has 138 valence electrons. The van der Waals surface area contributed by atoms with E-state index in [-0.39, 0.29) is 33.6 Å². The summed E-state index contributed by atoms with van der Waals surface area (Å²) < 4.78 is 0. The van der Waals surface area contributed by atoms with Crippen molar-refractivity contribution in [2.75, 3.05) is 5.32 Å². The fourth-order valence-corrected chi connectivity index (χ4v) is 3.19. The molecule has 8 heteroatoms. The van der Waals surface area contributed by atoms with Gasteiger partial charge in [0.05, 0.1) is 10.5 Å². The molecule has 0 spiro atoms. The summed E-state index contributed by atoms with van der Waals surface area (Å²) in [6.45, 7) is 0. The number of nitrogens with zero attached hydrogens (tertiary/aromatic N) is 1. The molecule has 0 atom stereocenters. The van der Waals surface area contributed by atoms with E-state index in [9.17, 15) is 29.9 Å². The normalized spacial score (nSPS) is 12.3. The molecule has 3 N–H and O–H groups in total. The number of nitrogens with one attached hydrogen (secondary N) is 1. The van der Waals surface area contributed by atoms with Crippen LogP contribution in [-0.4, -0.2) is 26.7 Å². The standard InChI is InChI=1S/C20H12N2O6/c23-15-8-12-13(9-16(15)24)20(26)17-11(19(12)25)6-7-14(22(27)28)18(17)21-10-4-2-1-3-5-10/h1-9,21,23-24H. The molecule has 0 unspecified atom stereocenters. The highest BCUT2D eigenvalue weighted by molar-refractivity contribution is 6.31. The number of nitro groups is 1. The maximum absolute atomic E-state index is 13.1. The average molecular weight is 376 g/mol. The Morgan fingerprint density at radius 2 is 1.43 bits per heavy atom. The highest BCUT2D eigenvalue weighted by atomic mass is 16.6. The number of carbonyl (C=O) groups is 2. The van der Waals surface area contributed by atoms with Gasteiger partial charge in [-0.25, -0.2) is 0 Å². The Hall–Kier alpha value is -4.20. The van der Waals surface area contributed by atoms with Gasteiger partial charge in [-0.15, -0.1) is 0 Å². The van der Waals surface area contributed by atoms with Crippen LogP contribution in [0.1, 0.15) is 31.8 Å². The zero-order valence-corrected chi connectivity index (χ0v) is 14.2. The lowest BCUT2D eigenvalue weighted by Gasteiger charge is -2.21. The van der Waals surface area contributed by atoms with E-state index in [1.54, 1.807) is 30.3 Å². The van der Waals surface area contributed by atoms with Crippen LogP contribution >= 0.6 is 0 Å². The van der Waals surface area contributed by atoms with Gasteiger partial charge in [0.1, 0.15) is 5.69 Å². The third-order valence-electron chi connectivity index (χ3n) is 4.50. The first kappa shape index (κ1) is 17.2. The van der Waals surface area contributed by atoms with Crippen molar-refractivity contribution >= 4 is 28.6 Å². The number of para-hydroxylation sites is 1. The Kier molecular flexibility index (Phi) is 3.82. The van der Waals surface area contributed by atoms with Gasteiger partial charge >= 0.3 is 0 Å². The lowest BCUT2D eigenvalue weighted by atomic mass is 9.82. The SMILES string of the molecule is O=C1c2cc(O)c(O)cc2C(=O)c2c1ccc([N+](=O)[O-])c2Nc1ccccc1. The summed E-state index contributed by atoms with van der Waals surface area (Å²) in [4.78, 5) is 36.8. The zero-order chi connectivity index (χ0) is 20.0. The summed E-state index contributed by atoms with van der Waals surface area (Å²) in [7, 11) is 0. The van der Waals surface area contributed by atoms with Gasteiger partial charge in [-0.2, -0.15) is 0 Å². The largest absolute Gasteiger partial charge is 0.504 e. The van der Waals surface area contributed by atoms with Crippen LogP contribution in [0.25, 0.3) is 0 Å². The second-order valence-electron chi connectivity index (χ2n) is 6.18. The van der Waals surface area contributed by atoms with Gasteiger partial charge in [-0.1, -0.05) is 18.2 Å². The lowest BCUT2D eigenvalue weighted by molar-refractivity contribution is -0.383. The third kappa shape index (κ3) is 2.55. The minimum atomic E-state index is -0.665. The van der Waals surface area contributed by atoms with Crippen LogP contribution in [-0.2, 0) is 0 Å². The summed E-state index contributed by atoms with van der Waals surface area (Å²) in [6.07, 6.45) is 0. The Labute approximate surface area is 157 Å². The number of fused-ring (bicyclic) bond motifs is 2. The van der Waals surface area contributed by atoms with E-state index < -0.39 is 28.0 Å². The molecule has 28 heavy (non-hydrogen) atoms. The number of benzene rings is 3. The fraction of sp³-hybridized carbons (Fsp3) is 0. The van der Waals surface area contributed by atoms with Crippen molar-refractivity contribution in [3.05, 3.63) is 87.0 Å². The molecular formula is C20H12N2O6. The van der Waals surface area contributed by atoms with Crippen LogP contribution in [0.3, 0.4) is 0 Å². The molecule has 3 aromatic rings. The minimum Gasteiger partial charge on any atom is -0.504 e. The molecule has 0 aromatic heterocycles. The van der Waals surface area contributed by atoms with Crippen LogP contribution < -0.4 is 5.32 Å². The van der Waals surface area contributed by atoms with Crippen molar-refractivity contribution in [2.24, 2.45) is 0 Å². The maximum Gasteiger partial charge on any atom is 0.293 e. The molecule has 1 aliphatic carbocycles. The Morgan fingerprint density at radius 3 is 2.04 bits per heavy atom.